The van der Waals surface area contributed by atoms with Gasteiger partial charge in [-0.1, -0.05) is 11.6 Å². The van der Waals surface area contributed by atoms with Crippen LogP contribution in [0.2, 0.25) is 5.02 Å². The lowest BCUT2D eigenvalue weighted by molar-refractivity contribution is -0.146. The second kappa shape index (κ2) is 6.85. The van der Waals surface area contributed by atoms with E-state index in [2.05, 4.69) is 0 Å². The third-order valence-corrected chi connectivity index (χ3v) is 5.78. The van der Waals surface area contributed by atoms with Gasteiger partial charge in [-0.3, -0.25) is 4.79 Å². The molecule has 2 rings (SSSR count). The second-order valence-electron chi connectivity index (χ2n) is 5.02. The molecule has 1 unspecified atom stereocenters. The number of piperidine rings is 1. The Morgan fingerprint density at radius 1 is 1.36 bits per heavy atom. The summed E-state index contributed by atoms with van der Waals surface area (Å²) in [6, 6.07) is 4.43. The highest BCUT2D eigenvalue weighted by Gasteiger charge is 2.35. The zero-order chi connectivity index (χ0) is 16.3. The van der Waals surface area contributed by atoms with Crippen LogP contribution >= 0.6 is 11.6 Å². The minimum Gasteiger partial charge on any atom is -0.495 e. The maximum absolute atomic E-state index is 12.8. The SMILES string of the molecule is COC(=O)C1CCCN(S(=O)(=O)c2cc(Cl)ccc2OC)C1. The monoisotopic (exact) mass is 347 g/mol. The summed E-state index contributed by atoms with van der Waals surface area (Å²) in [6.45, 7) is 0.455. The molecule has 0 radical (unpaired) electrons. The summed E-state index contributed by atoms with van der Waals surface area (Å²) < 4.78 is 36.7. The van der Waals surface area contributed by atoms with Gasteiger partial charge in [-0.05, 0) is 31.0 Å². The molecule has 1 aromatic rings. The molecule has 0 bridgehead atoms. The van der Waals surface area contributed by atoms with Gasteiger partial charge in [0, 0.05) is 18.1 Å². The first-order valence-electron chi connectivity index (χ1n) is 6.81. The molecule has 0 amide bonds. The van der Waals surface area contributed by atoms with Gasteiger partial charge in [-0.2, -0.15) is 4.31 Å². The normalized spacial score (nSPS) is 19.7. The number of halogens is 1. The molecule has 122 valence electrons. The lowest BCUT2D eigenvalue weighted by Gasteiger charge is -2.30. The van der Waals surface area contributed by atoms with E-state index in [1.54, 1.807) is 6.07 Å². The third kappa shape index (κ3) is 3.37. The summed E-state index contributed by atoms with van der Waals surface area (Å²) in [6.07, 6.45) is 1.22. The fraction of sp³-hybridized carbons (Fsp3) is 0.500. The van der Waals surface area contributed by atoms with E-state index in [-0.39, 0.29) is 17.2 Å². The molecule has 1 aliphatic heterocycles. The number of carbonyl (C=O) groups excluding carboxylic acids is 1. The number of methoxy groups -OCH3 is 2. The first-order valence-corrected chi connectivity index (χ1v) is 8.63. The Morgan fingerprint density at radius 3 is 2.73 bits per heavy atom. The van der Waals surface area contributed by atoms with Crippen molar-refractivity contribution in [1.29, 1.82) is 0 Å². The van der Waals surface area contributed by atoms with Gasteiger partial charge < -0.3 is 9.47 Å². The summed E-state index contributed by atoms with van der Waals surface area (Å²) in [5, 5.41) is 0.306. The summed E-state index contributed by atoms with van der Waals surface area (Å²) in [5.41, 5.74) is 0. The Labute approximate surface area is 135 Å². The Hall–Kier alpha value is -1.31. The Morgan fingerprint density at radius 2 is 2.09 bits per heavy atom. The Kier molecular flexibility index (Phi) is 5.31. The van der Waals surface area contributed by atoms with Crippen molar-refractivity contribution in [2.24, 2.45) is 5.92 Å². The lowest BCUT2D eigenvalue weighted by atomic mass is 10.0. The quantitative estimate of drug-likeness (QED) is 0.778. The van der Waals surface area contributed by atoms with Crippen molar-refractivity contribution in [3.63, 3.8) is 0 Å². The molecule has 1 fully saturated rings. The van der Waals surface area contributed by atoms with Crippen LogP contribution in [0, 0.1) is 5.92 Å². The minimum atomic E-state index is -3.79. The van der Waals surface area contributed by atoms with Gasteiger partial charge in [0.15, 0.2) is 0 Å². The first-order chi connectivity index (χ1) is 10.4. The third-order valence-electron chi connectivity index (χ3n) is 3.66. The van der Waals surface area contributed by atoms with Crippen molar-refractivity contribution in [3.8, 4) is 5.75 Å². The van der Waals surface area contributed by atoms with E-state index >= 15 is 0 Å². The number of esters is 1. The summed E-state index contributed by atoms with van der Waals surface area (Å²) in [7, 11) is -1.09. The number of nitrogens with zero attached hydrogens (tertiary/aromatic N) is 1. The van der Waals surface area contributed by atoms with Crippen molar-refractivity contribution >= 4 is 27.6 Å². The maximum Gasteiger partial charge on any atom is 0.309 e. The smallest absolute Gasteiger partial charge is 0.309 e. The average Bonchev–Trinajstić information content (AvgIpc) is 2.54. The summed E-state index contributed by atoms with van der Waals surface area (Å²) in [5.74, 6) is -0.610. The molecule has 8 heteroatoms. The van der Waals surface area contributed by atoms with E-state index < -0.39 is 21.9 Å². The molecule has 0 aliphatic carbocycles. The lowest BCUT2D eigenvalue weighted by Crippen LogP contribution is -2.42. The van der Waals surface area contributed by atoms with Gasteiger partial charge in [-0.15, -0.1) is 0 Å². The molecule has 1 aliphatic rings. The van der Waals surface area contributed by atoms with Gasteiger partial charge in [0.2, 0.25) is 10.0 Å². The van der Waals surface area contributed by atoms with Crippen LogP contribution in [-0.4, -0.2) is 46.0 Å². The highest BCUT2D eigenvalue weighted by atomic mass is 35.5. The van der Waals surface area contributed by atoms with Crippen LogP contribution in [0.4, 0.5) is 0 Å². The van der Waals surface area contributed by atoms with Crippen LogP contribution in [0.5, 0.6) is 5.75 Å². The van der Waals surface area contributed by atoms with E-state index in [0.717, 1.165) is 0 Å². The van der Waals surface area contributed by atoms with Crippen LogP contribution in [0.1, 0.15) is 12.8 Å². The molecule has 1 heterocycles. The fourth-order valence-corrected chi connectivity index (χ4v) is 4.45. The second-order valence-corrected chi connectivity index (χ2v) is 7.36. The van der Waals surface area contributed by atoms with Crippen molar-refractivity contribution < 1.29 is 22.7 Å². The van der Waals surface area contributed by atoms with Gasteiger partial charge in [-0.25, -0.2) is 8.42 Å². The van der Waals surface area contributed by atoms with Crippen LogP contribution in [0.15, 0.2) is 23.1 Å². The summed E-state index contributed by atoms with van der Waals surface area (Å²) in [4.78, 5) is 11.7. The van der Waals surface area contributed by atoms with Gasteiger partial charge in [0.1, 0.15) is 10.6 Å². The van der Waals surface area contributed by atoms with E-state index in [1.165, 1.54) is 30.7 Å². The van der Waals surface area contributed by atoms with Crippen LogP contribution in [-0.2, 0) is 19.6 Å². The van der Waals surface area contributed by atoms with Crippen molar-refractivity contribution in [3.05, 3.63) is 23.2 Å². The van der Waals surface area contributed by atoms with Gasteiger partial charge in [0.05, 0.1) is 20.1 Å². The highest BCUT2D eigenvalue weighted by Crippen LogP contribution is 2.32. The molecular formula is C14H18ClNO5S. The molecule has 0 aromatic heterocycles. The molecular weight excluding hydrogens is 330 g/mol. The molecule has 6 nitrogen and oxygen atoms in total. The number of ether oxygens (including phenoxy) is 2. The molecule has 1 saturated heterocycles. The zero-order valence-electron chi connectivity index (χ0n) is 12.4. The topological polar surface area (TPSA) is 72.9 Å². The Bertz CT molecular complexity index is 661. The number of hydrogen-bond donors (Lipinski definition) is 0. The van der Waals surface area contributed by atoms with Crippen LogP contribution < -0.4 is 4.74 Å². The molecule has 0 N–H and O–H groups in total. The van der Waals surface area contributed by atoms with E-state index in [9.17, 15) is 13.2 Å². The Balaban J connectivity index is 2.34. The number of hydrogen-bond acceptors (Lipinski definition) is 5. The number of rotatable bonds is 4. The number of benzene rings is 1. The maximum atomic E-state index is 12.8. The van der Waals surface area contributed by atoms with Crippen molar-refractivity contribution in [2.45, 2.75) is 17.7 Å². The minimum absolute atomic E-state index is 0.00742. The van der Waals surface area contributed by atoms with Crippen molar-refractivity contribution in [1.82, 2.24) is 4.31 Å². The highest BCUT2D eigenvalue weighted by molar-refractivity contribution is 7.89. The zero-order valence-corrected chi connectivity index (χ0v) is 14.0. The molecule has 22 heavy (non-hydrogen) atoms. The molecule has 0 saturated carbocycles. The predicted molar refractivity (Wildman–Crippen MR) is 81.5 cm³/mol. The largest absolute Gasteiger partial charge is 0.495 e. The van der Waals surface area contributed by atoms with Gasteiger partial charge in [0.25, 0.3) is 0 Å². The van der Waals surface area contributed by atoms with Crippen molar-refractivity contribution in [2.75, 3.05) is 27.3 Å². The fourth-order valence-electron chi connectivity index (χ4n) is 2.51. The molecule has 1 atom stereocenters. The average molecular weight is 348 g/mol. The van der Waals surface area contributed by atoms with Gasteiger partial charge >= 0.3 is 5.97 Å². The number of sulfonamides is 1. The first kappa shape index (κ1) is 17.1. The summed E-state index contributed by atoms with van der Waals surface area (Å²) >= 11 is 5.91. The molecule has 1 aromatic carbocycles. The van der Waals surface area contributed by atoms with Crippen LogP contribution in [0.3, 0.4) is 0 Å². The standard InChI is InChI=1S/C14H18ClNO5S/c1-20-12-6-5-11(15)8-13(12)22(18,19)16-7-3-4-10(9-16)14(17)21-2/h5-6,8,10H,3-4,7,9H2,1-2H3. The molecule has 0 spiro atoms. The van der Waals surface area contributed by atoms with E-state index in [4.69, 9.17) is 21.1 Å². The number of carbonyl (C=O) groups is 1. The van der Waals surface area contributed by atoms with Crippen LogP contribution in [0.25, 0.3) is 0 Å². The van der Waals surface area contributed by atoms with E-state index in [1.807, 2.05) is 0 Å². The predicted octanol–water partition coefficient (Wildman–Crippen LogP) is 1.92. The van der Waals surface area contributed by atoms with E-state index in [0.29, 0.717) is 24.4 Å².